The number of hydrogen-bond donors (Lipinski definition) is 1. The Bertz CT molecular complexity index is 539. The van der Waals surface area contributed by atoms with Gasteiger partial charge in [-0.25, -0.2) is 15.0 Å². The van der Waals surface area contributed by atoms with E-state index in [-0.39, 0.29) is 5.92 Å². The number of nitrogens with zero attached hydrogens (tertiary/aromatic N) is 3. The van der Waals surface area contributed by atoms with Crippen LogP contribution in [0.1, 0.15) is 31.3 Å². The topological polar surface area (TPSA) is 63.8 Å². The summed E-state index contributed by atoms with van der Waals surface area (Å²) in [5, 5.41) is 4.47. The van der Waals surface area contributed by atoms with Crippen molar-refractivity contribution < 1.29 is 4.42 Å². The smallest absolute Gasteiger partial charge is 0.262 e. The Balaban J connectivity index is 2.29. The van der Waals surface area contributed by atoms with Crippen molar-refractivity contribution in [3.05, 3.63) is 23.8 Å². The Labute approximate surface area is 110 Å². The lowest BCUT2D eigenvalue weighted by molar-refractivity contribution is 0.453. The van der Waals surface area contributed by atoms with Gasteiger partial charge in [-0.2, -0.15) is 0 Å². The van der Waals surface area contributed by atoms with Crippen molar-refractivity contribution in [3.8, 4) is 0 Å². The van der Waals surface area contributed by atoms with Gasteiger partial charge in [0, 0.05) is 19.0 Å². The van der Waals surface area contributed by atoms with E-state index in [9.17, 15) is 0 Å². The van der Waals surface area contributed by atoms with Crippen LogP contribution in [0.25, 0.3) is 0 Å². The predicted molar refractivity (Wildman–Crippen MR) is 71.0 cm³/mol. The lowest BCUT2D eigenvalue weighted by Gasteiger charge is -2.08. The third-order valence-electron chi connectivity index (χ3n) is 2.28. The molecule has 0 saturated heterocycles. The van der Waals surface area contributed by atoms with Gasteiger partial charge in [0.1, 0.15) is 22.9 Å². The van der Waals surface area contributed by atoms with Crippen LogP contribution in [0.4, 0.5) is 5.82 Å². The minimum absolute atomic E-state index is 0.281. The molecule has 0 saturated carbocycles. The molecular weight excluding hydrogens is 248 g/mol. The third-order valence-corrected chi connectivity index (χ3v) is 3.06. The maximum absolute atomic E-state index is 5.31. The molecule has 0 aliphatic heterocycles. The highest BCUT2D eigenvalue weighted by Crippen LogP contribution is 2.27. The maximum Gasteiger partial charge on any atom is 0.262 e. The van der Waals surface area contributed by atoms with E-state index in [0.717, 1.165) is 22.4 Å². The van der Waals surface area contributed by atoms with Gasteiger partial charge in [-0.1, -0.05) is 13.8 Å². The molecule has 0 aromatic carbocycles. The van der Waals surface area contributed by atoms with E-state index in [1.807, 2.05) is 20.0 Å². The summed E-state index contributed by atoms with van der Waals surface area (Å²) in [6, 6.07) is 1.88. The number of rotatable bonds is 4. The van der Waals surface area contributed by atoms with Gasteiger partial charge < -0.3 is 9.73 Å². The average molecular weight is 264 g/mol. The minimum Gasteiger partial charge on any atom is -0.439 e. The van der Waals surface area contributed by atoms with Crippen molar-refractivity contribution in [1.82, 2.24) is 15.0 Å². The molecule has 0 amide bonds. The fourth-order valence-electron chi connectivity index (χ4n) is 1.35. The van der Waals surface area contributed by atoms with Gasteiger partial charge in [0.05, 0.1) is 5.69 Å². The van der Waals surface area contributed by atoms with Crippen LogP contribution >= 0.6 is 11.8 Å². The number of nitrogens with one attached hydrogen (secondary N) is 1. The second-order valence-corrected chi connectivity index (χ2v) is 5.18. The van der Waals surface area contributed by atoms with Gasteiger partial charge in [0.15, 0.2) is 0 Å². The first-order chi connectivity index (χ1) is 8.58. The van der Waals surface area contributed by atoms with E-state index in [4.69, 9.17) is 4.42 Å². The molecule has 2 aromatic rings. The highest BCUT2D eigenvalue weighted by atomic mass is 32.2. The van der Waals surface area contributed by atoms with E-state index in [0.29, 0.717) is 5.22 Å². The van der Waals surface area contributed by atoms with Crippen LogP contribution in [0.2, 0.25) is 0 Å². The second-order valence-electron chi connectivity index (χ2n) is 4.21. The van der Waals surface area contributed by atoms with Crippen LogP contribution in [0, 0.1) is 6.92 Å². The van der Waals surface area contributed by atoms with Crippen molar-refractivity contribution in [2.24, 2.45) is 0 Å². The van der Waals surface area contributed by atoms with Gasteiger partial charge in [-0.15, -0.1) is 0 Å². The molecule has 0 spiro atoms. The summed E-state index contributed by atoms with van der Waals surface area (Å²) in [6.07, 6.45) is 1.63. The molecule has 18 heavy (non-hydrogen) atoms. The van der Waals surface area contributed by atoms with Crippen LogP contribution in [0.3, 0.4) is 0 Å². The molecule has 6 heteroatoms. The fourth-order valence-corrected chi connectivity index (χ4v) is 2.12. The third kappa shape index (κ3) is 3.01. The van der Waals surface area contributed by atoms with Gasteiger partial charge in [-0.3, -0.25) is 0 Å². The molecule has 1 N–H and O–H groups in total. The summed E-state index contributed by atoms with van der Waals surface area (Å²) in [7, 11) is 1.84. The Hall–Kier alpha value is -1.56. The van der Waals surface area contributed by atoms with E-state index >= 15 is 0 Å². The maximum atomic E-state index is 5.31. The van der Waals surface area contributed by atoms with Crippen LogP contribution in [-0.4, -0.2) is 22.0 Å². The molecule has 2 aromatic heterocycles. The first-order valence-corrected chi connectivity index (χ1v) is 6.57. The van der Waals surface area contributed by atoms with Crippen molar-refractivity contribution in [2.75, 3.05) is 12.4 Å². The molecule has 0 aliphatic carbocycles. The molecule has 0 unspecified atom stereocenters. The lowest BCUT2D eigenvalue weighted by Crippen LogP contribution is -2.02. The molecule has 0 radical (unpaired) electrons. The Morgan fingerprint density at radius 3 is 2.61 bits per heavy atom. The van der Waals surface area contributed by atoms with Crippen LogP contribution in [-0.2, 0) is 0 Å². The van der Waals surface area contributed by atoms with Gasteiger partial charge >= 0.3 is 0 Å². The molecule has 2 rings (SSSR count). The summed E-state index contributed by atoms with van der Waals surface area (Å²) in [6.45, 7) is 6.03. The first-order valence-electron chi connectivity index (χ1n) is 5.75. The molecule has 0 aliphatic rings. The molecule has 0 fully saturated rings. The lowest BCUT2D eigenvalue weighted by atomic mass is 10.2. The minimum atomic E-state index is 0.281. The number of aryl methyl sites for hydroxylation is 1. The highest BCUT2D eigenvalue weighted by Gasteiger charge is 2.11. The van der Waals surface area contributed by atoms with Crippen LogP contribution in [0.15, 0.2) is 27.0 Å². The zero-order chi connectivity index (χ0) is 13.1. The van der Waals surface area contributed by atoms with Crippen molar-refractivity contribution >= 4 is 17.6 Å². The summed E-state index contributed by atoms with van der Waals surface area (Å²) in [4.78, 5) is 13.2. The van der Waals surface area contributed by atoms with Crippen LogP contribution in [0.5, 0.6) is 0 Å². The molecule has 0 bridgehead atoms. The Kier molecular flexibility index (Phi) is 3.86. The zero-order valence-electron chi connectivity index (χ0n) is 10.9. The summed E-state index contributed by atoms with van der Waals surface area (Å²) >= 11 is 1.40. The molecule has 96 valence electrons. The summed E-state index contributed by atoms with van der Waals surface area (Å²) < 4.78 is 5.31. The number of oxazole rings is 1. The van der Waals surface area contributed by atoms with E-state index < -0.39 is 0 Å². The monoisotopic (exact) mass is 264 g/mol. The summed E-state index contributed by atoms with van der Waals surface area (Å²) in [5.41, 5.74) is 0.865. The molecule has 0 atom stereocenters. The molecule has 2 heterocycles. The predicted octanol–water partition coefficient (Wildman–Crippen LogP) is 3.09. The fraction of sp³-hybridized carbons (Fsp3) is 0.417. The number of aromatic nitrogens is 3. The largest absolute Gasteiger partial charge is 0.439 e. The zero-order valence-corrected chi connectivity index (χ0v) is 11.7. The van der Waals surface area contributed by atoms with Gasteiger partial charge in [0.2, 0.25) is 0 Å². The van der Waals surface area contributed by atoms with Crippen molar-refractivity contribution in [1.29, 1.82) is 0 Å². The normalized spacial score (nSPS) is 10.9. The first kappa shape index (κ1) is 12.9. The Morgan fingerprint density at radius 2 is 2.06 bits per heavy atom. The second kappa shape index (κ2) is 5.39. The Morgan fingerprint density at radius 1 is 1.28 bits per heavy atom. The van der Waals surface area contributed by atoms with Crippen molar-refractivity contribution in [2.45, 2.75) is 36.9 Å². The van der Waals surface area contributed by atoms with Crippen LogP contribution < -0.4 is 5.32 Å². The summed E-state index contributed by atoms with van der Waals surface area (Å²) in [5.74, 6) is 1.90. The quantitative estimate of drug-likeness (QED) is 0.856. The van der Waals surface area contributed by atoms with Gasteiger partial charge in [-0.05, 0) is 18.7 Å². The standard InChI is InChI=1S/C12H16N4OS/c1-7(2)11-15-9(13-4)5-10(16-11)18-12-14-8(3)6-17-12/h5-7H,1-4H3,(H,13,15,16). The molecular formula is C12H16N4OS. The van der Waals surface area contributed by atoms with Crippen molar-refractivity contribution in [3.63, 3.8) is 0 Å². The average Bonchev–Trinajstić information content (AvgIpc) is 2.74. The number of hydrogen-bond acceptors (Lipinski definition) is 6. The van der Waals surface area contributed by atoms with E-state index in [1.54, 1.807) is 6.26 Å². The highest BCUT2D eigenvalue weighted by molar-refractivity contribution is 7.99. The van der Waals surface area contributed by atoms with E-state index in [1.165, 1.54) is 11.8 Å². The SMILES string of the molecule is CNc1cc(Sc2nc(C)co2)nc(C(C)C)n1. The van der Waals surface area contributed by atoms with E-state index in [2.05, 4.69) is 34.1 Å². The molecule has 5 nitrogen and oxygen atoms in total. The number of anilines is 1. The van der Waals surface area contributed by atoms with Gasteiger partial charge in [0.25, 0.3) is 5.22 Å².